The Balaban J connectivity index is 1.63. The second-order valence-corrected chi connectivity index (χ2v) is 8.14. The fraction of sp³-hybridized carbons (Fsp3) is 0.320. The van der Waals surface area contributed by atoms with Crippen molar-refractivity contribution >= 4 is 22.8 Å². The summed E-state index contributed by atoms with van der Waals surface area (Å²) in [6.45, 7) is 2.58. The smallest absolute Gasteiger partial charge is 0.314 e. The molecule has 0 bridgehead atoms. The van der Waals surface area contributed by atoms with Gasteiger partial charge in [-0.1, -0.05) is 30.3 Å². The lowest BCUT2D eigenvalue weighted by molar-refractivity contribution is -0.158. The number of amides is 1. The normalized spacial score (nSPS) is 18.5. The van der Waals surface area contributed by atoms with E-state index in [1.165, 1.54) is 18.2 Å². The molecule has 1 amide bonds. The molecule has 0 saturated carbocycles. The number of pyridine rings is 1. The van der Waals surface area contributed by atoms with Gasteiger partial charge in [0.05, 0.1) is 12.0 Å². The number of carbonyl (C=O) groups excluding carboxylic acids is 2. The first kappa shape index (κ1) is 21.9. The number of carbonyl (C=O) groups is 2. The molecule has 1 atom stereocenters. The Kier molecular flexibility index (Phi) is 6.17. The minimum atomic E-state index is -0.941. The number of hydrogen-bond acceptors (Lipinski definition) is 4. The molecule has 3 aromatic rings. The third-order valence-electron chi connectivity index (χ3n) is 5.92. The van der Waals surface area contributed by atoms with E-state index in [4.69, 9.17) is 4.74 Å². The summed E-state index contributed by atoms with van der Waals surface area (Å²) in [5.41, 5.74) is 0.117. The molecule has 1 aliphatic heterocycles. The molecule has 32 heavy (non-hydrogen) atoms. The van der Waals surface area contributed by atoms with Crippen molar-refractivity contribution in [2.24, 2.45) is 5.41 Å². The lowest BCUT2D eigenvalue weighted by Crippen LogP contribution is -2.51. The highest BCUT2D eigenvalue weighted by Gasteiger charge is 2.45. The maximum atomic E-state index is 14.2. The minimum Gasteiger partial charge on any atom is -0.466 e. The molecule has 166 valence electrons. The van der Waals surface area contributed by atoms with E-state index in [0.29, 0.717) is 31.2 Å². The van der Waals surface area contributed by atoms with Crippen LogP contribution in [0.15, 0.2) is 54.6 Å². The number of para-hydroxylation sites is 1. The summed E-state index contributed by atoms with van der Waals surface area (Å²) in [4.78, 5) is 32.1. The van der Waals surface area contributed by atoms with Gasteiger partial charge in [0.15, 0.2) is 0 Å². The number of halogens is 2. The van der Waals surface area contributed by atoms with Crippen molar-refractivity contribution in [2.45, 2.75) is 26.2 Å². The summed E-state index contributed by atoms with van der Waals surface area (Å²) in [5, 5.41) is 0.609. The van der Waals surface area contributed by atoms with Crippen molar-refractivity contribution in [3.8, 4) is 0 Å². The van der Waals surface area contributed by atoms with E-state index >= 15 is 0 Å². The average Bonchev–Trinajstić information content (AvgIpc) is 2.80. The van der Waals surface area contributed by atoms with Gasteiger partial charge >= 0.3 is 5.97 Å². The molecule has 1 aliphatic rings. The lowest BCUT2D eigenvalue weighted by atomic mass is 9.75. The summed E-state index contributed by atoms with van der Waals surface area (Å²) in [7, 11) is 0. The van der Waals surface area contributed by atoms with Gasteiger partial charge in [-0.2, -0.15) is 0 Å². The molecule has 0 spiro atoms. The van der Waals surface area contributed by atoms with Crippen LogP contribution < -0.4 is 0 Å². The Hall–Kier alpha value is -3.35. The Bertz CT molecular complexity index is 1150. The number of hydrogen-bond donors (Lipinski definition) is 0. The first-order valence-corrected chi connectivity index (χ1v) is 10.7. The lowest BCUT2D eigenvalue weighted by Gasteiger charge is -2.41. The van der Waals surface area contributed by atoms with Gasteiger partial charge in [-0.05, 0) is 56.0 Å². The number of piperidine rings is 1. The molecule has 2 heterocycles. The van der Waals surface area contributed by atoms with Crippen LogP contribution in [0.1, 0.15) is 35.8 Å². The van der Waals surface area contributed by atoms with Crippen molar-refractivity contribution in [1.82, 2.24) is 9.88 Å². The van der Waals surface area contributed by atoms with Crippen LogP contribution in [-0.2, 0) is 16.0 Å². The van der Waals surface area contributed by atoms with E-state index in [1.807, 2.05) is 0 Å². The minimum absolute atomic E-state index is 0.129. The van der Waals surface area contributed by atoms with Crippen LogP contribution in [0.25, 0.3) is 10.9 Å². The van der Waals surface area contributed by atoms with Gasteiger partial charge < -0.3 is 9.64 Å². The van der Waals surface area contributed by atoms with Crippen molar-refractivity contribution in [2.75, 3.05) is 19.7 Å². The summed E-state index contributed by atoms with van der Waals surface area (Å²) in [6, 6.07) is 13.9. The number of benzene rings is 2. The predicted molar refractivity (Wildman–Crippen MR) is 116 cm³/mol. The fourth-order valence-corrected chi connectivity index (χ4v) is 4.36. The van der Waals surface area contributed by atoms with Gasteiger partial charge in [0, 0.05) is 18.5 Å². The Morgan fingerprint density at radius 2 is 1.88 bits per heavy atom. The van der Waals surface area contributed by atoms with Gasteiger partial charge in [-0.15, -0.1) is 0 Å². The first-order chi connectivity index (χ1) is 15.4. The van der Waals surface area contributed by atoms with E-state index in [1.54, 1.807) is 48.2 Å². The van der Waals surface area contributed by atoms with Crippen molar-refractivity contribution < 1.29 is 23.1 Å². The number of likely N-dealkylation sites (tertiary alicyclic amines) is 1. The number of rotatable bonds is 5. The van der Waals surface area contributed by atoms with Crippen LogP contribution in [0.2, 0.25) is 0 Å². The Morgan fingerprint density at radius 1 is 1.09 bits per heavy atom. The van der Waals surface area contributed by atoms with Crippen LogP contribution in [0.5, 0.6) is 0 Å². The average molecular weight is 438 g/mol. The summed E-state index contributed by atoms with van der Waals surface area (Å²) in [5.74, 6) is -1.58. The number of nitrogens with zero attached hydrogens (tertiary/aromatic N) is 2. The van der Waals surface area contributed by atoms with E-state index in [-0.39, 0.29) is 42.1 Å². The molecule has 1 saturated heterocycles. The standard InChI is InChI=1S/C25H24F2N2O3/c1-2-32-24(31)25(15-17-7-10-19(26)11-8-17)13-4-14-29(16-25)23(30)21-12-9-18-5-3-6-20(27)22(18)28-21/h3,5-12H,2,4,13-16H2,1H3. The van der Waals surface area contributed by atoms with Crippen LogP contribution >= 0.6 is 0 Å². The molecule has 1 fully saturated rings. The Morgan fingerprint density at radius 3 is 2.62 bits per heavy atom. The highest BCUT2D eigenvalue weighted by atomic mass is 19.1. The number of esters is 1. The van der Waals surface area contributed by atoms with Crippen molar-refractivity contribution in [3.05, 3.63) is 77.5 Å². The highest BCUT2D eigenvalue weighted by Crippen LogP contribution is 2.36. The number of ether oxygens (including phenoxy) is 1. The highest BCUT2D eigenvalue weighted by molar-refractivity contribution is 5.95. The van der Waals surface area contributed by atoms with Gasteiger partial charge in [0.2, 0.25) is 0 Å². The zero-order valence-corrected chi connectivity index (χ0v) is 17.8. The number of fused-ring (bicyclic) bond motifs is 1. The molecular weight excluding hydrogens is 414 g/mol. The number of aromatic nitrogens is 1. The first-order valence-electron chi connectivity index (χ1n) is 10.7. The quantitative estimate of drug-likeness (QED) is 0.549. The van der Waals surface area contributed by atoms with Crippen LogP contribution in [0.3, 0.4) is 0 Å². The summed E-state index contributed by atoms with van der Waals surface area (Å²) < 4.78 is 32.9. The molecular formula is C25H24F2N2O3. The summed E-state index contributed by atoms with van der Waals surface area (Å²) >= 11 is 0. The second-order valence-electron chi connectivity index (χ2n) is 8.14. The topological polar surface area (TPSA) is 59.5 Å². The maximum Gasteiger partial charge on any atom is 0.314 e. The van der Waals surface area contributed by atoms with Crippen LogP contribution in [-0.4, -0.2) is 41.5 Å². The van der Waals surface area contributed by atoms with Crippen LogP contribution in [0.4, 0.5) is 8.78 Å². The monoisotopic (exact) mass is 438 g/mol. The SMILES string of the molecule is CCOC(=O)C1(Cc2ccc(F)cc2)CCCN(C(=O)c2ccc3cccc(F)c3n2)C1. The predicted octanol–water partition coefficient (Wildman–Crippen LogP) is 4.54. The molecule has 7 heteroatoms. The van der Waals surface area contributed by atoms with Crippen molar-refractivity contribution in [1.29, 1.82) is 0 Å². The molecule has 0 radical (unpaired) electrons. The third-order valence-corrected chi connectivity index (χ3v) is 5.92. The van der Waals surface area contributed by atoms with Gasteiger partial charge in [0.1, 0.15) is 22.8 Å². The van der Waals surface area contributed by atoms with Crippen molar-refractivity contribution in [3.63, 3.8) is 0 Å². The molecule has 1 unspecified atom stereocenters. The second kappa shape index (κ2) is 9.02. The van der Waals surface area contributed by atoms with E-state index in [0.717, 1.165) is 5.56 Å². The molecule has 5 nitrogen and oxygen atoms in total. The fourth-order valence-electron chi connectivity index (χ4n) is 4.36. The molecule has 2 aromatic carbocycles. The van der Waals surface area contributed by atoms with Gasteiger partial charge in [-0.25, -0.2) is 13.8 Å². The largest absolute Gasteiger partial charge is 0.466 e. The van der Waals surface area contributed by atoms with Crippen LogP contribution in [0, 0.1) is 17.0 Å². The maximum absolute atomic E-state index is 14.2. The molecule has 0 N–H and O–H groups in total. The summed E-state index contributed by atoms with van der Waals surface area (Å²) in [6.07, 6.45) is 1.48. The van der Waals surface area contributed by atoms with Gasteiger partial charge in [0.25, 0.3) is 5.91 Å². The van der Waals surface area contributed by atoms with E-state index < -0.39 is 11.2 Å². The zero-order valence-electron chi connectivity index (χ0n) is 17.8. The van der Waals surface area contributed by atoms with E-state index in [2.05, 4.69) is 4.98 Å². The molecule has 0 aliphatic carbocycles. The van der Waals surface area contributed by atoms with E-state index in [9.17, 15) is 18.4 Å². The Labute approximate surface area is 185 Å². The van der Waals surface area contributed by atoms with Gasteiger partial charge in [-0.3, -0.25) is 9.59 Å². The zero-order chi connectivity index (χ0) is 22.7. The molecule has 4 rings (SSSR count). The third kappa shape index (κ3) is 4.33. The molecule has 1 aromatic heterocycles.